The molecule has 2 unspecified atom stereocenters. The summed E-state index contributed by atoms with van der Waals surface area (Å²) in [6, 6.07) is 0. The molecule has 0 N–H and O–H groups in total. The highest BCUT2D eigenvalue weighted by atomic mass is 16.6. The molecule has 0 amide bonds. The van der Waals surface area contributed by atoms with Gasteiger partial charge in [-0.25, -0.2) is 4.79 Å². The summed E-state index contributed by atoms with van der Waals surface area (Å²) in [5.74, 6) is 0.765. The van der Waals surface area contributed by atoms with E-state index in [4.69, 9.17) is 4.74 Å². The molecule has 0 aromatic rings. The van der Waals surface area contributed by atoms with Gasteiger partial charge in [0.1, 0.15) is 5.60 Å². The van der Waals surface area contributed by atoms with Gasteiger partial charge in [0, 0.05) is 6.08 Å². The minimum atomic E-state index is -0.264. The van der Waals surface area contributed by atoms with Crippen molar-refractivity contribution in [1.29, 1.82) is 0 Å². The molecule has 0 aromatic heterocycles. The lowest BCUT2D eigenvalue weighted by Gasteiger charge is -2.42. The van der Waals surface area contributed by atoms with Gasteiger partial charge in [-0.05, 0) is 31.1 Å². The summed E-state index contributed by atoms with van der Waals surface area (Å²) in [5, 5.41) is 0. The third kappa shape index (κ3) is 3.72. The first kappa shape index (κ1) is 14.0. The van der Waals surface area contributed by atoms with Crippen LogP contribution in [0.15, 0.2) is 24.8 Å². The van der Waals surface area contributed by atoms with Crippen molar-refractivity contribution >= 4 is 5.97 Å². The molecule has 2 heteroatoms. The molecule has 2 atom stereocenters. The summed E-state index contributed by atoms with van der Waals surface area (Å²) in [6.45, 7) is 10.1. The molecular weight excluding hydrogens is 212 g/mol. The predicted molar refractivity (Wildman–Crippen MR) is 70.6 cm³/mol. The molecule has 2 nitrogen and oxygen atoms in total. The summed E-state index contributed by atoms with van der Waals surface area (Å²) >= 11 is 0. The molecule has 1 rings (SSSR count). The number of carbonyl (C=O) groups excluding carboxylic acids is 1. The number of hydrogen-bond acceptors (Lipinski definition) is 2. The topological polar surface area (TPSA) is 26.3 Å². The molecule has 0 bridgehead atoms. The number of rotatable bonds is 4. The van der Waals surface area contributed by atoms with Gasteiger partial charge < -0.3 is 4.74 Å². The van der Waals surface area contributed by atoms with Crippen molar-refractivity contribution in [3.63, 3.8) is 0 Å². The SMILES string of the molecule is C=CC=CC(=O)OC1(C(C)C)CCCC(C)C1. The summed E-state index contributed by atoms with van der Waals surface area (Å²) < 4.78 is 5.74. The molecule has 1 saturated carbocycles. The summed E-state index contributed by atoms with van der Waals surface area (Å²) in [6.07, 6.45) is 9.04. The molecule has 0 saturated heterocycles. The fourth-order valence-electron chi connectivity index (χ4n) is 2.66. The normalized spacial score (nSPS) is 29.5. The number of allylic oxidation sites excluding steroid dienone is 2. The Morgan fingerprint density at radius 1 is 1.53 bits per heavy atom. The molecule has 1 fully saturated rings. The van der Waals surface area contributed by atoms with Crippen LogP contribution in [0.3, 0.4) is 0 Å². The quantitative estimate of drug-likeness (QED) is 0.420. The van der Waals surface area contributed by atoms with E-state index in [-0.39, 0.29) is 11.6 Å². The van der Waals surface area contributed by atoms with Crippen molar-refractivity contribution in [2.45, 2.75) is 52.1 Å². The summed E-state index contributed by atoms with van der Waals surface area (Å²) in [4.78, 5) is 11.7. The molecule has 96 valence electrons. The van der Waals surface area contributed by atoms with Crippen LogP contribution in [0.25, 0.3) is 0 Å². The van der Waals surface area contributed by atoms with E-state index < -0.39 is 0 Å². The minimum Gasteiger partial charge on any atom is -0.456 e. The van der Waals surface area contributed by atoms with Crippen molar-refractivity contribution in [2.75, 3.05) is 0 Å². The Morgan fingerprint density at radius 3 is 2.76 bits per heavy atom. The third-order valence-corrected chi connectivity index (χ3v) is 3.72. The standard InChI is InChI=1S/C15H24O2/c1-5-6-9-14(16)17-15(12(2)3)10-7-8-13(4)11-15/h5-6,9,12-13H,1,7-8,10-11H2,2-4H3. The number of esters is 1. The molecule has 1 aliphatic carbocycles. The maximum absolute atomic E-state index is 11.7. The van der Waals surface area contributed by atoms with Gasteiger partial charge in [-0.3, -0.25) is 0 Å². The molecular formula is C15H24O2. The van der Waals surface area contributed by atoms with Gasteiger partial charge in [0.25, 0.3) is 0 Å². The molecule has 0 aromatic carbocycles. The van der Waals surface area contributed by atoms with Crippen LogP contribution in [0.2, 0.25) is 0 Å². The molecule has 0 aliphatic heterocycles. The van der Waals surface area contributed by atoms with Crippen LogP contribution in [-0.2, 0) is 9.53 Å². The van der Waals surface area contributed by atoms with E-state index in [1.165, 1.54) is 12.5 Å². The van der Waals surface area contributed by atoms with E-state index in [1.807, 2.05) is 0 Å². The fraction of sp³-hybridized carbons (Fsp3) is 0.667. The minimum absolute atomic E-state index is 0.243. The zero-order valence-corrected chi connectivity index (χ0v) is 11.2. The summed E-state index contributed by atoms with van der Waals surface area (Å²) in [7, 11) is 0. The van der Waals surface area contributed by atoms with Crippen LogP contribution in [0, 0.1) is 11.8 Å². The maximum atomic E-state index is 11.7. The monoisotopic (exact) mass is 236 g/mol. The Kier molecular flexibility index (Phi) is 4.98. The highest BCUT2D eigenvalue weighted by Gasteiger charge is 2.40. The Bertz CT molecular complexity index is 304. The van der Waals surface area contributed by atoms with Crippen LogP contribution in [-0.4, -0.2) is 11.6 Å². The average molecular weight is 236 g/mol. The maximum Gasteiger partial charge on any atom is 0.331 e. The Hall–Kier alpha value is -1.05. The highest BCUT2D eigenvalue weighted by molar-refractivity contribution is 5.82. The number of carbonyl (C=O) groups is 1. The molecule has 0 spiro atoms. The second-order valence-corrected chi connectivity index (χ2v) is 5.44. The Balaban J connectivity index is 2.74. The van der Waals surface area contributed by atoms with Gasteiger partial charge in [-0.15, -0.1) is 0 Å². The fourth-order valence-corrected chi connectivity index (χ4v) is 2.66. The van der Waals surface area contributed by atoms with Gasteiger partial charge in [0.2, 0.25) is 0 Å². The van der Waals surface area contributed by atoms with E-state index in [9.17, 15) is 4.79 Å². The zero-order valence-electron chi connectivity index (χ0n) is 11.2. The van der Waals surface area contributed by atoms with Crippen molar-refractivity contribution in [1.82, 2.24) is 0 Å². The van der Waals surface area contributed by atoms with E-state index in [2.05, 4.69) is 27.4 Å². The van der Waals surface area contributed by atoms with E-state index in [0.29, 0.717) is 11.8 Å². The Morgan fingerprint density at radius 2 is 2.24 bits per heavy atom. The van der Waals surface area contributed by atoms with Gasteiger partial charge in [-0.1, -0.05) is 45.9 Å². The number of ether oxygens (including phenoxy) is 1. The van der Waals surface area contributed by atoms with E-state index in [0.717, 1.165) is 19.3 Å². The van der Waals surface area contributed by atoms with Crippen LogP contribution in [0.1, 0.15) is 46.5 Å². The molecule has 0 heterocycles. The Labute approximate surface area is 105 Å². The second-order valence-electron chi connectivity index (χ2n) is 5.44. The first-order valence-corrected chi connectivity index (χ1v) is 6.52. The van der Waals surface area contributed by atoms with E-state index in [1.54, 1.807) is 12.2 Å². The smallest absolute Gasteiger partial charge is 0.331 e. The first-order valence-electron chi connectivity index (χ1n) is 6.52. The second kappa shape index (κ2) is 6.04. The lowest BCUT2D eigenvalue weighted by Crippen LogP contribution is -2.44. The van der Waals surface area contributed by atoms with Crippen LogP contribution >= 0.6 is 0 Å². The van der Waals surface area contributed by atoms with Crippen molar-refractivity contribution < 1.29 is 9.53 Å². The van der Waals surface area contributed by atoms with Crippen LogP contribution in [0.4, 0.5) is 0 Å². The summed E-state index contributed by atoms with van der Waals surface area (Å²) in [5.41, 5.74) is -0.264. The molecule has 0 radical (unpaired) electrons. The van der Waals surface area contributed by atoms with Crippen molar-refractivity contribution in [3.05, 3.63) is 24.8 Å². The van der Waals surface area contributed by atoms with Gasteiger partial charge in [0.05, 0.1) is 0 Å². The van der Waals surface area contributed by atoms with Crippen LogP contribution < -0.4 is 0 Å². The molecule has 1 aliphatic rings. The van der Waals surface area contributed by atoms with E-state index >= 15 is 0 Å². The first-order chi connectivity index (χ1) is 8.00. The predicted octanol–water partition coefficient (Wildman–Crippen LogP) is 3.88. The van der Waals surface area contributed by atoms with Gasteiger partial charge in [-0.2, -0.15) is 0 Å². The average Bonchev–Trinajstić information content (AvgIpc) is 2.26. The van der Waals surface area contributed by atoms with Crippen molar-refractivity contribution in [3.8, 4) is 0 Å². The largest absolute Gasteiger partial charge is 0.456 e. The highest BCUT2D eigenvalue weighted by Crippen LogP contribution is 2.40. The van der Waals surface area contributed by atoms with Gasteiger partial charge >= 0.3 is 5.97 Å². The third-order valence-electron chi connectivity index (χ3n) is 3.72. The van der Waals surface area contributed by atoms with Gasteiger partial charge in [0.15, 0.2) is 0 Å². The van der Waals surface area contributed by atoms with Crippen molar-refractivity contribution in [2.24, 2.45) is 11.8 Å². The molecule has 17 heavy (non-hydrogen) atoms. The van der Waals surface area contributed by atoms with Crippen LogP contribution in [0.5, 0.6) is 0 Å². The lowest BCUT2D eigenvalue weighted by molar-refractivity contribution is -0.165. The lowest BCUT2D eigenvalue weighted by atomic mass is 9.73. The zero-order chi connectivity index (χ0) is 12.9. The number of hydrogen-bond donors (Lipinski definition) is 0.